The van der Waals surface area contributed by atoms with Crippen LogP contribution in [0.1, 0.15) is 5.56 Å². The van der Waals surface area contributed by atoms with Crippen LogP contribution in [0.25, 0.3) is 0 Å². The molecule has 2 aliphatic heterocycles. The molecular weight excluding hydrogens is 376 g/mol. The number of amides is 2. The summed E-state index contributed by atoms with van der Waals surface area (Å²) >= 11 is 6.36. The highest BCUT2D eigenvalue weighted by Crippen LogP contribution is 2.35. The fraction of sp³-hybridized carbons (Fsp3) is 0.471. The molecule has 3 rings (SSSR count). The van der Waals surface area contributed by atoms with E-state index in [1.807, 2.05) is 11.0 Å². The molecule has 0 bridgehead atoms. The van der Waals surface area contributed by atoms with Crippen LogP contribution in [0.3, 0.4) is 0 Å². The van der Waals surface area contributed by atoms with Crippen LogP contribution in [0.2, 0.25) is 5.02 Å². The van der Waals surface area contributed by atoms with Crippen molar-refractivity contribution in [1.82, 2.24) is 4.90 Å². The number of morpholine rings is 2. The van der Waals surface area contributed by atoms with Crippen molar-refractivity contribution in [3.63, 3.8) is 0 Å². The van der Waals surface area contributed by atoms with Crippen molar-refractivity contribution in [3.05, 3.63) is 22.7 Å². The van der Waals surface area contributed by atoms with E-state index < -0.39 is 12.2 Å². The third-order valence-electron chi connectivity index (χ3n) is 4.43. The molecule has 9 nitrogen and oxygen atoms in total. The molecule has 2 N–H and O–H groups in total. The molecule has 27 heavy (non-hydrogen) atoms. The van der Waals surface area contributed by atoms with Gasteiger partial charge < -0.3 is 24.4 Å². The van der Waals surface area contributed by atoms with Crippen molar-refractivity contribution >= 4 is 35.0 Å². The minimum absolute atomic E-state index is 0.112. The number of hydrogen-bond donors (Lipinski definition) is 2. The molecule has 2 amide bonds. The number of nitrogens with one attached hydrogen (secondary N) is 1. The number of carboxylic acid groups (broad SMARTS) is 1. The van der Waals surface area contributed by atoms with E-state index in [0.717, 1.165) is 0 Å². The fourth-order valence-corrected chi connectivity index (χ4v) is 3.39. The first-order chi connectivity index (χ1) is 13.0. The van der Waals surface area contributed by atoms with Crippen molar-refractivity contribution in [3.8, 4) is 6.07 Å². The maximum atomic E-state index is 12.7. The van der Waals surface area contributed by atoms with E-state index in [4.69, 9.17) is 26.2 Å². The van der Waals surface area contributed by atoms with Crippen LogP contribution in [0.5, 0.6) is 0 Å². The minimum Gasteiger partial charge on any atom is -0.465 e. The lowest BCUT2D eigenvalue weighted by molar-refractivity contribution is -0.148. The van der Waals surface area contributed by atoms with E-state index in [1.54, 1.807) is 11.0 Å². The molecule has 1 unspecified atom stereocenters. The fourth-order valence-electron chi connectivity index (χ4n) is 3.11. The van der Waals surface area contributed by atoms with E-state index in [0.29, 0.717) is 45.1 Å². The Morgan fingerprint density at radius 3 is 2.67 bits per heavy atom. The van der Waals surface area contributed by atoms with Gasteiger partial charge in [0, 0.05) is 19.6 Å². The predicted octanol–water partition coefficient (Wildman–Crippen LogP) is 1.37. The molecule has 2 heterocycles. The standard InChI is InChI=1S/C17H19ClN4O5/c18-15-12(20-17(24)25)7-11(9-19)8-13(15)22-3-6-27-14(10-22)16(23)21-1-4-26-5-2-21/h7-8,14,20H,1-6,10H2,(H,24,25). The zero-order valence-corrected chi connectivity index (χ0v) is 15.2. The normalized spacial score (nSPS) is 20.1. The summed E-state index contributed by atoms with van der Waals surface area (Å²) in [4.78, 5) is 27.2. The van der Waals surface area contributed by atoms with Gasteiger partial charge in [0.1, 0.15) is 0 Å². The van der Waals surface area contributed by atoms with Gasteiger partial charge in [-0.3, -0.25) is 10.1 Å². The van der Waals surface area contributed by atoms with Crippen LogP contribution in [0.15, 0.2) is 12.1 Å². The van der Waals surface area contributed by atoms with Crippen molar-refractivity contribution in [2.75, 3.05) is 56.2 Å². The van der Waals surface area contributed by atoms with E-state index in [1.165, 1.54) is 6.07 Å². The Hall–Kier alpha value is -2.54. The third-order valence-corrected chi connectivity index (χ3v) is 4.83. The highest BCUT2D eigenvalue weighted by Gasteiger charge is 2.32. The van der Waals surface area contributed by atoms with Gasteiger partial charge >= 0.3 is 6.09 Å². The number of hydrogen-bond acceptors (Lipinski definition) is 6. The van der Waals surface area contributed by atoms with Crippen molar-refractivity contribution in [2.24, 2.45) is 0 Å². The molecule has 1 aromatic rings. The second kappa shape index (κ2) is 8.43. The van der Waals surface area contributed by atoms with Crippen molar-refractivity contribution < 1.29 is 24.2 Å². The van der Waals surface area contributed by atoms with Gasteiger partial charge in [-0.2, -0.15) is 5.26 Å². The van der Waals surface area contributed by atoms with E-state index in [9.17, 15) is 14.9 Å². The minimum atomic E-state index is -1.28. The number of ether oxygens (including phenoxy) is 2. The maximum absolute atomic E-state index is 12.7. The predicted molar refractivity (Wildman–Crippen MR) is 97.2 cm³/mol. The van der Waals surface area contributed by atoms with Gasteiger partial charge in [0.25, 0.3) is 5.91 Å². The number of carbonyl (C=O) groups excluding carboxylic acids is 1. The number of carbonyl (C=O) groups is 2. The molecule has 10 heteroatoms. The first-order valence-corrected chi connectivity index (χ1v) is 8.84. The Balaban J connectivity index is 1.82. The molecule has 2 fully saturated rings. The molecule has 144 valence electrons. The summed E-state index contributed by atoms with van der Waals surface area (Å²) in [6.07, 6.45) is -1.94. The van der Waals surface area contributed by atoms with Crippen LogP contribution in [-0.2, 0) is 14.3 Å². The van der Waals surface area contributed by atoms with E-state index >= 15 is 0 Å². The average molecular weight is 395 g/mol. The molecule has 2 saturated heterocycles. The lowest BCUT2D eigenvalue weighted by Crippen LogP contribution is -2.53. The number of benzene rings is 1. The van der Waals surface area contributed by atoms with Crippen molar-refractivity contribution in [2.45, 2.75) is 6.10 Å². The average Bonchev–Trinajstić information content (AvgIpc) is 2.69. The topological polar surface area (TPSA) is 115 Å². The molecule has 0 saturated carbocycles. The Kier molecular flexibility index (Phi) is 6.01. The SMILES string of the molecule is N#Cc1cc(NC(=O)O)c(Cl)c(N2CCOC(C(=O)N3CCOCC3)C2)c1. The number of halogens is 1. The Bertz CT molecular complexity index is 775. The highest BCUT2D eigenvalue weighted by molar-refractivity contribution is 6.36. The summed E-state index contributed by atoms with van der Waals surface area (Å²) in [5, 5.41) is 20.6. The lowest BCUT2D eigenvalue weighted by atomic mass is 10.1. The summed E-state index contributed by atoms with van der Waals surface area (Å²) in [6, 6.07) is 4.95. The number of nitrogens with zero attached hydrogens (tertiary/aromatic N) is 3. The third kappa shape index (κ3) is 4.42. The summed E-state index contributed by atoms with van der Waals surface area (Å²) < 4.78 is 10.9. The molecule has 0 aromatic heterocycles. The molecule has 2 aliphatic rings. The molecular formula is C17H19ClN4O5. The first-order valence-electron chi connectivity index (χ1n) is 8.46. The molecule has 0 spiro atoms. The second-order valence-corrected chi connectivity index (χ2v) is 6.52. The Morgan fingerprint density at radius 2 is 2.00 bits per heavy atom. The highest BCUT2D eigenvalue weighted by atomic mass is 35.5. The molecule has 0 aliphatic carbocycles. The van der Waals surface area contributed by atoms with Crippen molar-refractivity contribution in [1.29, 1.82) is 5.26 Å². The quantitative estimate of drug-likeness (QED) is 0.795. The van der Waals surface area contributed by atoms with E-state index in [-0.39, 0.29) is 28.7 Å². The summed E-state index contributed by atoms with van der Waals surface area (Å²) in [6.45, 7) is 3.10. The van der Waals surface area contributed by atoms with Crippen LogP contribution >= 0.6 is 11.6 Å². The van der Waals surface area contributed by atoms with Crippen LogP contribution < -0.4 is 10.2 Å². The van der Waals surface area contributed by atoms with Crippen LogP contribution in [-0.4, -0.2) is 74.1 Å². The largest absolute Gasteiger partial charge is 0.465 e. The Morgan fingerprint density at radius 1 is 1.26 bits per heavy atom. The van der Waals surface area contributed by atoms with Gasteiger partial charge in [-0.25, -0.2) is 4.79 Å². The summed E-state index contributed by atoms with van der Waals surface area (Å²) in [5.41, 5.74) is 0.879. The van der Waals surface area contributed by atoms with Gasteiger partial charge in [-0.15, -0.1) is 0 Å². The molecule has 1 aromatic carbocycles. The summed E-state index contributed by atoms with van der Waals surface area (Å²) in [5.74, 6) is -0.112. The van der Waals surface area contributed by atoms with Gasteiger partial charge in [-0.1, -0.05) is 11.6 Å². The molecule has 1 atom stereocenters. The van der Waals surface area contributed by atoms with Crippen LogP contribution in [0.4, 0.5) is 16.2 Å². The zero-order valence-electron chi connectivity index (χ0n) is 14.5. The number of nitriles is 1. The smallest absolute Gasteiger partial charge is 0.409 e. The van der Waals surface area contributed by atoms with Gasteiger partial charge in [0.2, 0.25) is 0 Å². The van der Waals surface area contributed by atoms with E-state index in [2.05, 4.69) is 5.32 Å². The van der Waals surface area contributed by atoms with Gasteiger partial charge in [0.05, 0.1) is 54.4 Å². The second-order valence-electron chi connectivity index (χ2n) is 6.14. The van der Waals surface area contributed by atoms with Gasteiger partial charge in [-0.05, 0) is 12.1 Å². The maximum Gasteiger partial charge on any atom is 0.409 e. The number of rotatable bonds is 3. The Labute approximate surface area is 161 Å². The summed E-state index contributed by atoms with van der Waals surface area (Å²) in [7, 11) is 0. The first kappa shape index (κ1) is 19.2. The van der Waals surface area contributed by atoms with Gasteiger partial charge in [0.15, 0.2) is 6.10 Å². The van der Waals surface area contributed by atoms with Crippen LogP contribution in [0, 0.1) is 11.3 Å². The monoisotopic (exact) mass is 394 g/mol. The lowest BCUT2D eigenvalue weighted by Gasteiger charge is -2.37. The molecule has 0 radical (unpaired) electrons. The zero-order chi connectivity index (χ0) is 19.4. The number of anilines is 2.